The maximum Gasteiger partial charge on any atom is 0.338 e. The molecule has 0 aliphatic carbocycles. The van der Waals surface area contributed by atoms with Crippen LogP contribution in [0, 0.1) is 5.95 Å². The first-order chi connectivity index (χ1) is 8.20. The standard InChI is InChI=1S/C12H9FN2O2/c1-17-12(16)9-6-10(15-11(13)7-9)8-2-4-14-5-3-8/h2-7H,1H3. The average Bonchev–Trinajstić information content (AvgIpc) is 2.38. The Kier molecular flexibility index (Phi) is 3.09. The molecule has 0 atom stereocenters. The van der Waals surface area contributed by atoms with Gasteiger partial charge in [0.15, 0.2) is 0 Å². The van der Waals surface area contributed by atoms with Gasteiger partial charge in [0.25, 0.3) is 0 Å². The van der Waals surface area contributed by atoms with E-state index in [2.05, 4.69) is 14.7 Å². The van der Waals surface area contributed by atoms with Gasteiger partial charge in [-0.2, -0.15) is 4.39 Å². The highest BCUT2D eigenvalue weighted by atomic mass is 19.1. The number of ether oxygens (including phenoxy) is 1. The van der Waals surface area contributed by atoms with Gasteiger partial charge in [-0.3, -0.25) is 4.98 Å². The number of hydrogen-bond donors (Lipinski definition) is 0. The fourth-order valence-corrected chi connectivity index (χ4v) is 1.40. The van der Waals surface area contributed by atoms with Crippen LogP contribution in [0.25, 0.3) is 11.3 Å². The third-order valence-corrected chi connectivity index (χ3v) is 2.19. The monoisotopic (exact) mass is 232 g/mol. The summed E-state index contributed by atoms with van der Waals surface area (Å²) in [5.74, 6) is -1.32. The topological polar surface area (TPSA) is 52.1 Å². The highest BCUT2D eigenvalue weighted by Crippen LogP contribution is 2.18. The second-order valence-corrected chi connectivity index (χ2v) is 3.29. The van der Waals surface area contributed by atoms with Crippen molar-refractivity contribution in [2.75, 3.05) is 7.11 Å². The van der Waals surface area contributed by atoms with Gasteiger partial charge in [0.1, 0.15) is 0 Å². The van der Waals surface area contributed by atoms with Gasteiger partial charge < -0.3 is 4.74 Å². The molecule has 86 valence electrons. The second kappa shape index (κ2) is 4.69. The number of hydrogen-bond acceptors (Lipinski definition) is 4. The fourth-order valence-electron chi connectivity index (χ4n) is 1.40. The highest BCUT2D eigenvalue weighted by molar-refractivity contribution is 5.90. The third kappa shape index (κ3) is 2.44. The van der Waals surface area contributed by atoms with Crippen molar-refractivity contribution in [2.45, 2.75) is 0 Å². The molecule has 2 aromatic rings. The molecule has 17 heavy (non-hydrogen) atoms. The zero-order valence-corrected chi connectivity index (χ0v) is 9.05. The lowest BCUT2D eigenvalue weighted by Gasteiger charge is -2.03. The van der Waals surface area contributed by atoms with E-state index < -0.39 is 11.9 Å². The Morgan fingerprint density at radius 2 is 2.00 bits per heavy atom. The van der Waals surface area contributed by atoms with E-state index >= 15 is 0 Å². The van der Waals surface area contributed by atoms with Crippen molar-refractivity contribution < 1.29 is 13.9 Å². The van der Waals surface area contributed by atoms with Crippen LogP contribution in [0.3, 0.4) is 0 Å². The quantitative estimate of drug-likeness (QED) is 0.587. The number of halogens is 1. The summed E-state index contributed by atoms with van der Waals surface area (Å²) < 4.78 is 17.8. The molecule has 0 saturated carbocycles. The number of pyridine rings is 2. The Morgan fingerprint density at radius 3 is 2.65 bits per heavy atom. The van der Waals surface area contributed by atoms with Crippen molar-refractivity contribution in [2.24, 2.45) is 0 Å². The van der Waals surface area contributed by atoms with Crippen molar-refractivity contribution in [3.8, 4) is 11.3 Å². The molecule has 0 aliphatic rings. The van der Waals surface area contributed by atoms with Crippen molar-refractivity contribution >= 4 is 5.97 Å². The summed E-state index contributed by atoms with van der Waals surface area (Å²) in [6, 6.07) is 5.88. The van der Waals surface area contributed by atoms with Gasteiger partial charge in [-0.05, 0) is 18.2 Å². The zero-order chi connectivity index (χ0) is 12.3. The van der Waals surface area contributed by atoms with Gasteiger partial charge >= 0.3 is 5.97 Å². The number of nitrogens with zero attached hydrogens (tertiary/aromatic N) is 2. The normalized spacial score (nSPS) is 10.0. The average molecular weight is 232 g/mol. The van der Waals surface area contributed by atoms with E-state index in [1.54, 1.807) is 24.5 Å². The van der Waals surface area contributed by atoms with Gasteiger partial charge in [-0.25, -0.2) is 9.78 Å². The first-order valence-corrected chi connectivity index (χ1v) is 4.87. The maximum atomic E-state index is 13.3. The molecule has 0 spiro atoms. The van der Waals surface area contributed by atoms with Gasteiger partial charge in [-0.1, -0.05) is 0 Å². The van der Waals surface area contributed by atoms with Crippen molar-refractivity contribution in [3.05, 3.63) is 48.2 Å². The second-order valence-electron chi connectivity index (χ2n) is 3.29. The molecular weight excluding hydrogens is 223 g/mol. The van der Waals surface area contributed by atoms with Gasteiger partial charge in [0.2, 0.25) is 5.95 Å². The van der Waals surface area contributed by atoms with E-state index in [1.807, 2.05) is 0 Å². The lowest BCUT2D eigenvalue weighted by atomic mass is 10.1. The largest absolute Gasteiger partial charge is 0.465 e. The van der Waals surface area contributed by atoms with Crippen LogP contribution < -0.4 is 0 Å². The molecule has 0 unspecified atom stereocenters. The molecule has 0 aliphatic heterocycles. The Bertz CT molecular complexity index is 543. The molecule has 2 rings (SSSR count). The van der Waals surface area contributed by atoms with Gasteiger partial charge in [0, 0.05) is 24.0 Å². The van der Waals surface area contributed by atoms with Crippen LogP contribution in [0.1, 0.15) is 10.4 Å². The Balaban J connectivity index is 2.49. The summed E-state index contributed by atoms with van der Waals surface area (Å²) in [6.45, 7) is 0. The summed E-state index contributed by atoms with van der Waals surface area (Å²) >= 11 is 0. The first-order valence-electron chi connectivity index (χ1n) is 4.87. The molecule has 0 amide bonds. The molecule has 2 heterocycles. The summed E-state index contributed by atoms with van der Waals surface area (Å²) in [5.41, 5.74) is 1.18. The Morgan fingerprint density at radius 1 is 1.29 bits per heavy atom. The first kappa shape index (κ1) is 11.2. The lowest BCUT2D eigenvalue weighted by Crippen LogP contribution is -2.03. The van der Waals surface area contributed by atoms with Gasteiger partial charge in [-0.15, -0.1) is 0 Å². The minimum atomic E-state index is -0.722. The van der Waals surface area contributed by atoms with E-state index in [9.17, 15) is 9.18 Å². The summed E-state index contributed by atoms with van der Waals surface area (Å²) in [4.78, 5) is 18.9. The van der Waals surface area contributed by atoms with Crippen molar-refractivity contribution in [1.82, 2.24) is 9.97 Å². The minimum absolute atomic E-state index is 0.131. The van der Waals surface area contributed by atoms with E-state index in [0.717, 1.165) is 6.07 Å². The number of carbonyl (C=O) groups is 1. The summed E-state index contributed by atoms with van der Waals surface area (Å²) in [7, 11) is 1.24. The van der Waals surface area contributed by atoms with E-state index in [1.165, 1.54) is 13.2 Å². The van der Waals surface area contributed by atoms with Crippen LogP contribution in [0.4, 0.5) is 4.39 Å². The molecule has 5 heteroatoms. The molecule has 0 radical (unpaired) electrons. The molecule has 0 fully saturated rings. The van der Waals surface area contributed by atoms with E-state index in [-0.39, 0.29) is 5.56 Å². The lowest BCUT2D eigenvalue weighted by molar-refractivity contribution is 0.0600. The summed E-state index contributed by atoms with van der Waals surface area (Å²) in [5, 5.41) is 0. The zero-order valence-electron chi connectivity index (χ0n) is 9.05. The fraction of sp³-hybridized carbons (Fsp3) is 0.0833. The molecule has 0 bridgehead atoms. The van der Waals surface area contributed by atoms with Crippen LogP contribution in [0.2, 0.25) is 0 Å². The summed E-state index contributed by atoms with van der Waals surface area (Å²) in [6.07, 6.45) is 3.14. The van der Waals surface area contributed by atoms with Crippen LogP contribution >= 0.6 is 0 Å². The van der Waals surface area contributed by atoms with Crippen molar-refractivity contribution in [1.29, 1.82) is 0 Å². The van der Waals surface area contributed by atoms with E-state index in [0.29, 0.717) is 11.3 Å². The number of rotatable bonds is 2. The predicted molar refractivity (Wildman–Crippen MR) is 58.8 cm³/mol. The molecule has 0 saturated heterocycles. The maximum absolute atomic E-state index is 13.3. The third-order valence-electron chi connectivity index (χ3n) is 2.19. The Labute approximate surface area is 97.1 Å². The van der Waals surface area contributed by atoms with Gasteiger partial charge in [0.05, 0.1) is 18.4 Å². The van der Waals surface area contributed by atoms with E-state index in [4.69, 9.17) is 0 Å². The minimum Gasteiger partial charge on any atom is -0.465 e. The molecule has 0 aromatic carbocycles. The number of carbonyl (C=O) groups excluding carboxylic acids is 1. The van der Waals surface area contributed by atoms with Crippen LogP contribution in [0.15, 0.2) is 36.7 Å². The number of aromatic nitrogens is 2. The number of methoxy groups -OCH3 is 1. The van der Waals surface area contributed by atoms with Crippen LogP contribution in [-0.4, -0.2) is 23.0 Å². The molecule has 2 aromatic heterocycles. The smallest absolute Gasteiger partial charge is 0.338 e. The van der Waals surface area contributed by atoms with Crippen LogP contribution in [0.5, 0.6) is 0 Å². The number of esters is 1. The molecular formula is C12H9FN2O2. The van der Waals surface area contributed by atoms with Crippen LogP contribution in [-0.2, 0) is 4.74 Å². The molecule has 4 nitrogen and oxygen atoms in total. The molecule has 0 N–H and O–H groups in total. The van der Waals surface area contributed by atoms with Crippen molar-refractivity contribution in [3.63, 3.8) is 0 Å². The Hall–Kier alpha value is -2.30. The highest BCUT2D eigenvalue weighted by Gasteiger charge is 2.10. The predicted octanol–water partition coefficient (Wildman–Crippen LogP) is 2.07. The SMILES string of the molecule is COC(=O)c1cc(F)nc(-c2ccncc2)c1.